The van der Waals surface area contributed by atoms with Crippen LogP contribution in [0.4, 0.5) is 0 Å². The quantitative estimate of drug-likeness (QED) is 0.703. The Balaban J connectivity index is 1.91. The molecule has 2 saturated heterocycles. The van der Waals surface area contributed by atoms with Gasteiger partial charge in [0.1, 0.15) is 0 Å². The Kier molecular flexibility index (Phi) is 3.61. The first-order chi connectivity index (χ1) is 9.08. The predicted octanol–water partition coefficient (Wildman–Crippen LogP) is 4.13. The van der Waals surface area contributed by atoms with Gasteiger partial charge < -0.3 is 4.90 Å². The second-order valence-corrected chi connectivity index (χ2v) is 7.05. The molecule has 0 N–H and O–H groups in total. The van der Waals surface area contributed by atoms with E-state index in [1.807, 2.05) is 25.1 Å². The average Bonchev–Trinajstić information content (AvgIpc) is 2.64. The van der Waals surface area contributed by atoms with Crippen molar-refractivity contribution in [3.05, 3.63) is 33.8 Å². The molecule has 4 heteroatoms. The number of halogens is 2. The lowest BCUT2D eigenvalue weighted by molar-refractivity contribution is 0.0598. The summed E-state index contributed by atoms with van der Waals surface area (Å²) in [6.45, 7) is 1.99. The van der Waals surface area contributed by atoms with Gasteiger partial charge in [-0.2, -0.15) is 0 Å². The molecule has 2 atom stereocenters. The molecule has 2 aliphatic rings. The summed E-state index contributed by atoms with van der Waals surface area (Å²) in [5.41, 5.74) is 1.85. The van der Waals surface area contributed by atoms with Crippen LogP contribution in [-0.2, 0) is 0 Å². The van der Waals surface area contributed by atoms with Gasteiger partial charge in [0.15, 0.2) is 0 Å². The van der Waals surface area contributed by atoms with Crippen LogP contribution in [0.1, 0.15) is 41.6 Å². The molecule has 0 saturated carbocycles. The zero-order valence-electron chi connectivity index (χ0n) is 10.9. The van der Waals surface area contributed by atoms with Gasteiger partial charge in [0, 0.05) is 27.5 Å². The Morgan fingerprint density at radius 1 is 1.32 bits per heavy atom. The van der Waals surface area contributed by atoms with Crippen molar-refractivity contribution in [3.63, 3.8) is 0 Å². The highest BCUT2D eigenvalue weighted by Crippen LogP contribution is 2.39. The van der Waals surface area contributed by atoms with Gasteiger partial charge in [0.25, 0.3) is 5.91 Å². The van der Waals surface area contributed by atoms with E-state index in [0.29, 0.717) is 12.1 Å². The van der Waals surface area contributed by atoms with Crippen molar-refractivity contribution in [3.8, 4) is 0 Å². The molecule has 2 unspecified atom stereocenters. The SMILES string of the molecule is Cc1c(Br)cccc1C(=O)N1C2CCC1CC(Cl)C2. The van der Waals surface area contributed by atoms with Gasteiger partial charge in [-0.05, 0) is 50.3 Å². The van der Waals surface area contributed by atoms with Gasteiger partial charge >= 0.3 is 0 Å². The second-order valence-electron chi connectivity index (χ2n) is 5.58. The van der Waals surface area contributed by atoms with Gasteiger partial charge in [-0.1, -0.05) is 22.0 Å². The number of hydrogen-bond donors (Lipinski definition) is 0. The maximum absolute atomic E-state index is 12.8. The fourth-order valence-corrected chi connectivity index (χ4v) is 4.20. The number of rotatable bonds is 1. The Bertz CT molecular complexity index is 505. The van der Waals surface area contributed by atoms with Crippen molar-refractivity contribution in [1.29, 1.82) is 0 Å². The van der Waals surface area contributed by atoms with Crippen LogP contribution in [0.25, 0.3) is 0 Å². The normalized spacial score (nSPS) is 29.6. The summed E-state index contributed by atoms with van der Waals surface area (Å²) in [6.07, 6.45) is 4.09. The molecule has 0 aliphatic carbocycles. The third kappa shape index (κ3) is 2.31. The Labute approximate surface area is 127 Å². The highest BCUT2D eigenvalue weighted by Gasteiger charge is 2.43. The van der Waals surface area contributed by atoms with E-state index in [-0.39, 0.29) is 11.3 Å². The molecule has 19 heavy (non-hydrogen) atoms. The number of benzene rings is 1. The van der Waals surface area contributed by atoms with E-state index in [9.17, 15) is 4.79 Å². The third-order valence-corrected chi connectivity index (χ3v) is 5.62. The number of hydrogen-bond acceptors (Lipinski definition) is 1. The molecule has 1 aromatic carbocycles. The molecule has 0 spiro atoms. The van der Waals surface area contributed by atoms with Gasteiger partial charge in [-0.15, -0.1) is 11.6 Å². The van der Waals surface area contributed by atoms with E-state index in [0.717, 1.165) is 41.3 Å². The van der Waals surface area contributed by atoms with E-state index in [2.05, 4.69) is 20.8 Å². The first-order valence-corrected chi connectivity index (χ1v) is 8.02. The topological polar surface area (TPSA) is 20.3 Å². The number of carbonyl (C=O) groups excluding carboxylic acids is 1. The molecule has 102 valence electrons. The zero-order valence-corrected chi connectivity index (χ0v) is 13.2. The number of alkyl halides is 1. The van der Waals surface area contributed by atoms with Crippen LogP contribution in [-0.4, -0.2) is 28.3 Å². The van der Waals surface area contributed by atoms with Crippen molar-refractivity contribution in [2.45, 2.75) is 50.1 Å². The summed E-state index contributed by atoms with van der Waals surface area (Å²) in [5, 5.41) is 0.241. The summed E-state index contributed by atoms with van der Waals surface area (Å²) < 4.78 is 0.998. The monoisotopic (exact) mass is 341 g/mol. The summed E-state index contributed by atoms with van der Waals surface area (Å²) in [5.74, 6) is 0.176. The Morgan fingerprint density at radius 2 is 1.95 bits per heavy atom. The van der Waals surface area contributed by atoms with Gasteiger partial charge in [0.2, 0.25) is 0 Å². The highest BCUT2D eigenvalue weighted by atomic mass is 79.9. The first kappa shape index (κ1) is 13.4. The molecule has 2 heterocycles. The van der Waals surface area contributed by atoms with Crippen LogP contribution in [0.5, 0.6) is 0 Å². The van der Waals surface area contributed by atoms with E-state index >= 15 is 0 Å². The van der Waals surface area contributed by atoms with Gasteiger partial charge in [-0.25, -0.2) is 0 Å². The zero-order chi connectivity index (χ0) is 13.6. The van der Waals surface area contributed by atoms with E-state index in [1.54, 1.807) is 0 Å². The molecule has 2 bridgehead atoms. The lowest BCUT2D eigenvalue weighted by Gasteiger charge is -2.37. The maximum Gasteiger partial charge on any atom is 0.254 e. The van der Waals surface area contributed by atoms with E-state index < -0.39 is 0 Å². The third-order valence-electron chi connectivity index (χ3n) is 4.41. The fraction of sp³-hybridized carbons (Fsp3) is 0.533. The molecule has 3 rings (SSSR count). The lowest BCUT2D eigenvalue weighted by atomic mass is 9.99. The van der Waals surface area contributed by atoms with Crippen LogP contribution < -0.4 is 0 Å². The number of nitrogens with zero attached hydrogens (tertiary/aromatic N) is 1. The summed E-state index contributed by atoms with van der Waals surface area (Å²) >= 11 is 9.78. The van der Waals surface area contributed by atoms with E-state index in [4.69, 9.17) is 11.6 Å². The molecule has 2 nitrogen and oxygen atoms in total. The van der Waals surface area contributed by atoms with Crippen molar-refractivity contribution >= 4 is 33.4 Å². The van der Waals surface area contributed by atoms with Crippen LogP contribution in [0, 0.1) is 6.92 Å². The van der Waals surface area contributed by atoms with Crippen LogP contribution >= 0.6 is 27.5 Å². The van der Waals surface area contributed by atoms with Gasteiger partial charge in [0.05, 0.1) is 0 Å². The number of carbonyl (C=O) groups is 1. The van der Waals surface area contributed by atoms with Crippen LogP contribution in [0.2, 0.25) is 0 Å². The molecule has 2 fully saturated rings. The molecule has 1 amide bonds. The Hall–Kier alpha value is -0.540. The van der Waals surface area contributed by atoms with Gasteiger partial charge in [-0.3, -0.25) is 4.79 Å². The van der Waals surface area contributed by atoms with Crippen LogP contribution in [0.15, 0.2) is 22.7 Å². The van der Waals surface area contributed by atoms with Crippen LogP contribution in [0.3, 0.4) is 0 Å². The van der Waals surface area contributed by atoms with Crippen molar-refractivity contribution in [2.24, 2.45) is 0 Å². The minimum Gasteiger partial charge on any atom is -0.333 e. The number of amides is 1. The number of piperidine rings is 1. The molecule has 2 aliphatic heterocycles. The van der Waals surface area contributed by atoms with Crippen molar-refractivity contribution < 1.29 is 4.79 Å². The smallest absolute Gasteiger partial charge is 0.254 e. The van der Waals surface area contributed by atoms with Crippen molar-refractivity contribution in [2.75, 3.05) is 0 Å². The molecule has 0 radical (unpaired) electrons. The van der Waals surface area contributed by atoms with E-state index in [1.165, 1.54) is 0 Å². The molecule has 0 aromatic heterocycles. The summed E-state index contributed by atoms with van der Waals surface area (Å²) in [7, 11) is 0. The minimum atomic E-state index is 0.176. The second kappa shape index (κ2) is 5.10. The predicted molar refractivity (Wildman–Crippen MR) is 80.7 cm³/mol. The highest BCUT2D eigenvalue weighted by molar-refractivity contribution is 9.10. The average molecular weight is 343 g/mol. The molecule has 1 aromatic rings. The minimum absolute atomic E-state index is 0.176. The maximum atomic E-state index is 12.8. The fourth-order valence-electron chi connectivity index (χ4n) is 3.42. The number of fused-ring (bicyclic) bond motifs is 2. The summed E-state index contributed by atoms with van der Waals surface area (Å²) in [4.78, 5) is 14.9. The Morgan fingerprint density at radius 3 is 2.58 bits per heavy atom. The molecular weight excluding hydrogens is 326 g/mol. The first-order valence-electron chi connectivity index (χ1n) is 6.79. The van der Waals surface area contributed by atoms with Crippen molar-refractivity contribution in [1.82, 2.24) is 4.90 Å². The molecular formula is C15H17BrClNO. The largest absolute Gasteiger partial charge is 0.333 e. The standard InChI is InChI=1S/C15H17BrClNO/c1-9-13(3-2-4-14(9)16)15(19)18-11-5-6-12(18)8-10(17)7-11/h2-4,10-12H,5-8H2,1H3. The lowest BCUT2D eigenvalue weighted by Crippen LogP contribution is -2.47. The summed E-state index contributed by atoms with van der Waals surface area (Å²) in [6, 6.07) is 6.51.